The van der Waals surface area contributed by atoms with Crippen LogP contribution in [0.3, 0.4) is 0 Å². The van der Waals surface area contributed by atoms with Gasteiger partial charge in [0.25, 0.3) is 0 Å². The summed E-state index contributed by atoms with van der Waals surface area (Å²) in [4.78, 5) is 11.6. The van der Waals surface area contributed by atoms with Gasteiger partial charge in [0, 0.05) is 5.56 Å². The minimum absolute atomic E-state index is 0.0740. The fourth-order valence-corrected chi connectivity index (χ4v) is 2.31. The predicted octanol–water partition coefficient (Wildman–Crippen LogP) is 5.55. The van der Waals surface area contributed by atoms with Crippen molar-refractivity contribution in [1.82, 2.24) is 0 Å². The van der Waals surface area contributed by atoms with Crippen LogP contribution in [0, 0.1) is 0 Å². The van der Waals surface area contributed by atoms with Gasteiger partial charge in [-0.15, -0.1) is 0 Å². The largest absolute Gasteiger partial charge is 0.489 e. The third-order valence-corrected chi connectivity index (χ3v) is 3.47. The number of rotatable bonds is 7. The molecule has 0 aliphatic carbocycles. The van der Waals surface area contributed by atoms with Crippen LogP contribution in [0.2, 0.25) is 10.0 Å². The SMILES string of the molecule is CC(C)(C)OC(=O)COCc1c(Cl)cc(OCC=C(Cl)Cl)cc1Cl. The second kappa shape index (κ2) is 9.73. The Hall–Kier alpha value is -0.650. The molecule has 0 aromatic heterocycles. The second-order valence-electron chi connectivity index (χ2n) is 5.75. The fourth-order valence-electron chi connectivity index (χ4n) is 1.61. The molecule has 0 amide bonds. The van der Waals surface area contributed by atoms with Crippen LogP contribution < -0.4 is 4.74 Å². The highest BCUT2D eigenvalue weighted by Gasteiger charge is 2.17. The van der Waals surface area contributed by atoms with E-state index >= 15 is 0 Å². The zero-order valence-corrected chi connectivity index (χ0v) is 16.5. The van der Waals surface area contributed by atoms with Gasteiger partial charge in [-0.25, -0.2) is 4.79 Å². The number of hydrogen-bond donors (Lipinski definition) is 0. The van der Waals surface area contributed by atoms with Gasteiger partial charge in [0.05, 0.1) is 16.7 Å². The Balaban J connectivity index is 2.60. The van der Waals surface area contributed by atoms with Gasteiger partial charge in [-0.1, -0.05) is 46.4 Å². The Bertz CT molecular complexity index is 582. The molecule has 134 valence electrons. The molecule has 0 bridgehead atoms. The van der Waals surface area contributed by atoms with Crippen molar-refractivity contribution in [2.24, 2.45) is 0 Å². The maximum atomic E-state index is 11.6. The van der Waals surface area contributed by atoms with E-state index in [4.69, 9.17) is 60.6 Å². The monoisotopic (exact) mass is 414 g/mol. The molecule has 4 nitrogen and oxygen atoms in total. The third kappa shape index (κ3) is 8.45. The van der Waals surface area contributed by atoms with Gasteiger partial charge in [0.2, 0.25) is 0 Å². The maximum Gasteiger partial charge on any atom is 0.332 e. The number of hydrogen-bond acceptors (Lipinski definition) is 4. The van der Waals surface area contributed by atoms with E-state index in [-0.39, 0.29) is 24.3 Å². The van der Waals surface area contributed by atoms with Crippen LogP contribution in [-0.4, -0.2) is 24.8 Å². The van der Waals surface area contributed by atoms with Crippen LogP contribution >= 0.6 is 46.4 Å². The Labute approximate surface area is 161 Å². The average Bonchev–Trinajstić information content (AvgIpc) is 2.39. The van der Waals surface area contributed by atoms with Crippen LogP contribution in [0.4, 0.5) is 0 Å². The van der Waals surface area contributed by atoms with E-state index in [1.54, 1.807) is 32.9 Å². The van der Waals surface area contributed by atoms with Crippen LogP contribution in [0.5, 0.6) is 5.75 Å². The van der Waals surface area contributed by atoms with Crippen molar-refractivity contribution in [2.45, 2.75) is 33.0 Å². The first-order valence-electron chi connectivity index (χ1n) is 7.00. The molecule has 0 radical (unpaired) electrons. The first-order chi connectivity index (χ1) is 11.1. The van der Waals surface area contributed by atoms with Crippen molar-refractivity contribution in [3.63, 3.8) is 0 Å². The fraction of sp³-hybridized carbons (Fsp3) is 0.438. The van der Waals surface area contributed by atoms with Gasteiger partial charge in [0.15, 0.2) is 0 Å². The summed E-state index contributed by atoms with van der Waals surface area (Å²) in [5, 5.41) is 0.727. The molecule has 0 saturated carbocycles. The molecule has 0 N–H and O–H groups in total. The summed E-state index contributed by atoms with van der Waals surface area (Å²) in [6.07, 6.45) is 1.49. The summed E-state index contributed by atoms with van der Waals surface area (Å²) in [5.74, 6) is 0.00571. The maximum absolute atomic E-state index is 11.6. The van der Waals surface area contributed by atoms with Gasteiger partial charge in [-0.2, -0.15) is 0 Å². The Morgan fingerprint density at radius 1 is 1.17 bits per heavy atom. The quantitative estimate of drug-likeness (QED) is 0.547. The van der Waals surface area contributed by atoms with Gasteiger partial charge in [0.1, 0.15) is 29.1 Å². The van der Waals surface area contributed by atoms with E-state index in [1.807, 2.05) is 0 Å². The van der Waals surface area contributed by atoms with Crippen molar-refractivity contribution < 1.29 is 19.0 Å². The van der Waals surface area contributed by atoms with Crippen LogP contribution in [0.25, 0.3) is 0 Å². The van der Waals surface area contributed by atoms with Crippen molar-refractivity contribution in [2.75, 3.05) is 13.2 Å². The third-order valence-electron chi connectivity index (χ3n) is 2.49. The lowest BCUT2D eigenvalue weighted by atomic mass is 10.2. The lowest BCUT2D eigenvalue weighted by Crippen LogP contribution is -2.26. The molecule has 24 heavy (non-hydrogen) atoms. The smallest absolute Gasteiger partial charge is 0.332 e. The van der Waals surface area contributed by atoms with E-state index < -0.39 is 11.6 Å². The summed E-state index contributed by atoms with van der Waals surface area (Å²) in [5.41, 5.74) is -0.00472. The number of carbonyl (C=O) groups excluding carboxylic acids is 1. The molecule has 0 heterocycles. The lowest BCUT2D eigenvalue weighted by Gasteiger charge is -2.19. The molecule has 0 aliphatic rings. The molecule has 0 aliphatic heterocycles. The molecule has 0 fully saturated rings. The molecule has 0 atom stereocenters. The number of carbonyl (C=O) groups is 1. The van der Waals surface area contributed by atoms with Gasteiger partial charge >= 0.3 is 5.97 Å². The van der Waals surface area contributed by atoms with Gasteiger partial charge in [-0.05, 0) is 39.0 Å². The average molecular weight is 416 g/mol. The molecule has 1 rings (SSSR count). The minimum atomic E-state index is -0.560. The van der Waals surface area contributed by atoms with E-state index in [9.17, 15) is 4.79 Å². The molecular weight excluding hydrogens is 398 g/mol. The van der Waals surface area contributed by atoms with Crippen LogP contribution in [-0.2, 0) is 20.9 Å². The van der Waals surface area contributed by atoms with Crippen molar-refractivity contribution in [3.8, 4) is 5.75 Å². The summed E-state index contributed by atoms with van der Waals surface area (Å²) in [7, 11) is 0. The highest BCUT2D eigenvalue weighted by molar-refractivity contribution is 6.55. The van der Waals surface area contributed by atoms with Crippen LogP contribution in [0.15, 0.2) is 22.7 Å². The predicted molar refractivity (Wildman–Crippen MR) is 97.2 cm³/mol. The topological polar surface area (TPSA) is 44.8 Å². The summed E-state index contributed by atoms with van der Waals surface area (Å²) < 4.78 is 16.0. The van der Waals surface area contributed by atoms with Crippen molar-refractivity contribution in [1.29, 1.82) is 0 Å². The van der Waals surface area contributed by atoms with Gasteiger partial charge in [-0.3, -0.25) is 0 Å². The van der Waals surface area contributed by atoms with Crippen LogP contribution in [0.1, 0.15) is 26.3 Å². The number of halogens is 4. The molecule has 8 heteroatoms. The zero-order chi connectivity index (χ0) is 18.3. The number of benzene rings is 1. The molecule has 1 aromatic carbocycles. The zero-order valence-electron chi connectivity index (χ0n) is 13.5. The van der Waals surface area contributed by atoms with E-state index in [1.165, 1.54) is 6.08 Å². The van der Waals surface area contributed by atoms with E-state index in [0.29, 0.717) is 21.4 Å². The standard InChI is InChI=1S/C16H18Cl4O4/c1-16(2,3)24-15(21)9-22-8-11-12(17)6-10(7-13(11)18)23-5-4-14(19)20/h4,6-7H,5,8-9H2,1-3H3. The summed E-state index contributed by atoms with van der Waals surface area (Å²) in [6, 6.07) is 3.19. The lowest BCUT2D eigenvalue weighted by molar-refractivity contribution is -0.160. The summed E-state index contributed by atoms with van der Waals surface area (Å²) >= 11 is 23.3. The molecule has 1 aromatic rings. The molecule has 0 spiro atoms. The second-order valence-corrected chi connectivity index (χ2v) is 7.57. The van der Waals surface area contributed by atoms with Crippen molar-refractivity contribution >= 4 is 52.4 Å². The highest BCUT2D eigenvalue weighted by atomic mass is 35.5. The number of esters is 1. The van der Waals surface area contributed by atoms with E-state index in [2.05, 4.69) is 0 Å². The highest BCUT2D eigenvalue weighted by Crippen LogP contribution is 2.31. The first kappa shape index (κ1) is 21.4. The normalized spacial score (nSPS) is 11.1. The van der Waals surface area contributed by atoms with Crippen molar-refractivity contribution in [3.05, 3.63) is 38.3 Å². The first-order valence-corrected chi connectivity index (χ1v) is 8.51. The van der Waals surface area contributed by atoms with Gasteiger partial charge < -0.3 is 14.2 Å². The minimum Gasteiger partial charge on any atom is -0.489 e. The molecular formula is C16H18Cl4O4. The Morgan fingerprint density at radius 2 is 1.75 bits per heavy atom. The Morgan fingerprint density at radius 3 is 2.25 bits per heavy atom. The van der Waals surface area contributed by atoms with E-state index in [0.717, 1.165) is 0 Å². The number of ether oxygens (including phenoxy) is 3. The Kier molecular flexibility index (Phi) is 8.68. The molecule has 0 saturated heterocycles. The molecule has 0 unspecified atom stereocenters. The summed E-state index contributed by atoms with van der Waals surface area (Å²) in [6.45, 7) is 5.41.